The van der Waals surface area contributed by atoms with Crippen LogP contribution in [0.15, 0.2) is 12.2 Å². The average Bonchev–Trinajstić information content (AvgIpc) is 2.31. The van der Waals surface area contributed by atoms with Gasteiger partial charge < -0.3 is 5.32 Å². The highest BCUT2D eigenvalue weighted by Crippen LogP contribution is 2.20. The van der Waals surface area contributed by atoms with E-state index in [4.69, 9.17) is 11.6 Å². The summed E-state index contributed by atoms with van der Waals surface area (Å²) < 4.78 is 0. The van der Waals surface area contributed by atoms with Crippen molar-refractivity contribution in [1.29, 1.82) is 0 Å². The number of allylic oxidation sites excluding steroid dienone is 1. The second-order valence-electron chi connectivity index (χ2n) is 3.94. The molecular weight excluding hydrogens is 234 g/mol. The number of halogens is 1. The van der Waals surface area contributed by atoms with E-state index in [9.17, 15) is 0 Å². The Balaban J connectivity index is 2.74. The fourth-order valence-corrected chi connectivity index (χ4v) is 1.67. The van der Waals surface area contributed by atoms with Crippen LogP contribution in [0.1, 0.15) is 38.1 Å². The third-order valence-electron chi connectivity index (χ3n) is 2.45. The van der Waals surface area contributed by atoms with Gasteiger partial charge in [0.2, 0.25) is 0 Å². The first-order valence-corrected chi connectivity index (χ1v) is 6.44. The zero-order chi connectivity index (χ0) is 12.7. The van der Waals surface area contributed by atoms with Gasteiger partial charge in [0, 0.05) is 18.5 Å². The maximum Gasteiger partial charge on any atom is 0.137 e. The van der Waals surface area contributed by atoms with E-state index >= 15 is 0 Å². The van der Waals surface area contributed by atoms with Gasteiger partial charge in [0.1, 0.15) is 16.8 Å². The van der Waals surface area contributed by atoms with Crippen molar-refractivity contribution < 1.29 is 0 Å². The molecule has 0 saturated carbocycles. The standard InChI is InChI=1S/C13H20ClN3/c1-4-6-7-9-15-13-10(3)12(14)16-11(17-13)8-5-2/h4,6H,5,7-9H2,1-3H3,(H,15,16,17)/b6-4+. The van der Waals surface area contributed by atoms with Gasteiger partial charge >= 0.3 is 0 Å². The molecule has 1 aromatic heterocycles. The molecule has 0 radical (unpaired) electrons. The van der Waals surface area contributed by atoms with Crippen LogP contribution in [0.3, 0.4) is 0 Å². The predicted octanol–water partition coefficient (Wildman–Crippen LogP) is 3.77. The summed E-state index contributed by atoms with van der Waals surface area (Å²) in [6, 6.07) is 0. The number of nitrogens with zero attached hydrogens (tertiary/aromatic N) is 2. The van der Waals surface area contributed by atoms with E-state index in [0.29, 0.717) is 5.15 Å². The quantitative estimate of drug-likeness (QED) is 0.476. The van der Waals surface area contributed by atoms with Crippen molar-refractivity contribution in [2.75, 3.05) is 11.9 Å². The lowest BCUT2D eigenvalue weighted by molar-refractivity contribution is 0.829. The van der Waals surface area contributed by atoms with Gasteiger partial charge in [-0.05, 0) is 26.7 Å². The fourth-order valence-electron chi connectivity index (χ4n) is 1.48. The SMILES string of the molecule is C/C=C/CCNc1nc(CCC)nc(Cl)c1C. The molecule has 0 aromatic carbocycles. The molecule has 0 amide bonds. The summed E-state index contributed by atoms with van der Waals surface area (Å²) in [7, 11) is 0. The Labute approximate surface area is 108 Å². The van der Waals surface area contributed by atoms with E-state index in [0.717, 1.165) is 43.0 Å². The third kappa shape index (κ3) is 4.35. The maximum atomic E-state index is 6.09. The van der Waals surface area contributed by atoms with Crippen molar-refractivity contribution in [2.45, 2.75) is 40.0 Å². The Morgan fingerprint density at radius 1 is 1.35 bits per heavy atom. The molecule has 0 aliphatic rings. The van der Waals surface area contributed by atoms with E-state index in [1.807, 2.05) is 19.9 Å². The minimum Gasteiger partial charge on any atom is -0.369 e. The van der Waals surface area contributed by atoms with Crippen LogP contribution in [0.2, 0.25) is 5.15 Å². The van der Waals surface area contributed by atoms with Crippen molar-refractivity contribution in [3.8, 4) is 0 Å². The molecule has 0 fully saturated rings. The lowest BCUT2D eigenvalue weighted by Gasteiger charge is -2.10. The number of anilines is 1. The van der Waals surface area contributed by atoms with E-state index in [1.54, 1.807) is 0 Å². The second-order valence-corrected chi connectivity index (χ2v) is 4.30. The highest BCUT2D eigenvalue weighted by atomic mass is 35.5. The van der Waals surface area contributed by atoms with Crippen molar-refractivity contribution in [3.63, 3.8) is 0 Å². The van der Waals surface area contributed by atoms with Gasteiger partial charge in [-0.1, -0.05) is 30.7 Å². The summed E-state index contributed by atoms with van der Waals surface area (Å²) in [6.45, 7) is 6.93. The fraction of sp³-hybridized carbons (Fsp3) is 0.538. The Morgan fingerprint density at radius 2 is 2.12 bits per heavy atom. The maximum absolute atomic E-state index is 6.09. The number of aromatic nitrogens is 2. The summed E-state index contributed by atoms with van der Waals surface area (Å²) in [4.78, 5) is 8.76. The van der Waals surface area contributed by atoms with Crippen LogP contribution in [-0.2, 0) is 6.42 Å². The first-order chi connectivity index (χ1) is 8.19. The van der Waals surface area contributed by atoms with Crippen molar-refractivity contribution >= 4 is 17.4 Å². The number of nitrogens with one attached hydrogen (secondary N) is 1. The zero-order valence-corrected chi connectivity index (χ0v) is 11.5. The number of rotatable bonds is 6. The topological polar surface area (TPSA) is 37.8 Å². The molecule has 0 spiro atoms. The van der Waals surface area contributed by atoms with Crippen LogP contribution in [0, 0.1) is 6.92 Å². The molecule has 4 heteroatoms. The monoisotopic (exact) mass is 253 g/mol. The average molecular weight is 254 g/mol. The molecule has 0 unspecified atom stereocenters. The largest absolute Gasteiger partial charge is 0.369 e. The van der Waals surface area contributed by atoms with Gasteiger partial charge in [-0.25, -0.2) is 9.97 Å². The summed E-state index contributed by atoms with van der Waals surface area (Å²) in [5.74, 6) is 1.68. The highest BCUT2D eigenvalue weighted by molar-refractivity contribution is 6.30. The highest BCUT2D eigenvalue weighted by Gasteiger charge is 2.08. The van der Waals surface area contributed by atoms with E-state index in [1.165, 1.54) is 0 Å². The Hall–Kier alpha value is -1.09. The van der Waals surface area contributed by atoms with Crippen molar-refractivity contribution in [2.24, 2.45) is 0 Å². The van der Waals surface area contributed by atoms with Crippen LogP contribution < -0.4 is 5.32 Å². The molecule has 0 saturated heterocycles. The molecule has 0 atom stereocenters. The predicted molar refractivity (Wildman–Crippen MR) is 73.7 cm³/mol. The first-order valence-electron chi connectivity index (χ1n) is 6.07. The van der Waals surface area contributed by atoms with Crippen LogP contribution in [0.25, 0.3) is 0 Å². The Kier molecular flexibility index (Phi) is 5.98. The number of hydrogen-bond acceptors (Lipinski definition) is 3. The minimum atomic E-state index is 0.553. The second kappa shape index (κ2) is 7.28. The minimum absolute atomic E-state index is 0.553. The lowest BCUT2D eigenvalue weighted by atomic mass is 10.3. The smallest absolute Gasteiger partial charge is 0.137 e. The van der Waals surface area contributed by atoms with Gasteiger partial charge in [-0.15, -0.1) is 0 Å². The Morgan fingerprint density at radius 3 is 2.76 bits per heavy atom. The van der Waals surface area contributed by atoms with Crippen LogP contribution in [-0.4, -0.2) is 16.5 Å². The molecule has 94 valence electrons. The van der Waals surface area contributed by atoms with Crippen LogP contribution in [0.4, 0.5) is 5.82 Å². The van der Waals surface area contributed by atoms with Gasteiger partial charge in [-0.3, -0.25) is 0 Å². The van der Waals surface area contributed by atoms with Gasteiger partial charge in [0.15, 0.2) is 0 Å². The normalized spacial score (nSPS) is 11.1. The summed E-state index contributed by atoms with van der Waals surface area (Å²) >= 11 is 6.09. The van der Waals surface area contributed by atoms with Gasteiger partial charge in [0.25, 0.3) is 0 Å². The van der Waals surface area contributed by atoms with Crippen molar-refractivity contribution in [3.05, 3.63) is 28.7 Å². The zero-order valence-electron chi connectivity index (χ0n) is 10.8. The number of aryl methyl sites for hydroxylation is 1. The van der Waals surface area contributed by atoms with E-state index < -0.39 is 0 Å². The summed E-state index contributed by atoms with van der Waals surface area (Å²) in [6.07, 6.45) is 7.05. The molecule has 1 rings (SSSR count). The summed E-state index contributed by atoms with van der Waals surface area (Å²) in [5, 5.41) is 3.85. The molecule has 0 aliphatic heterocycles. The first kappa shape index (κ1) is 14.0. The summed E-state index contributed by atoms with van der Waals surface area (Å²) in [5.41, 5.74) is 0.923. The van der Waals surface area contributed by atoms with Gasteiger partial charge in [-0.2, -0.15) is 0 Å². The van der Waals surface area contributed by atoms with Gasteiger partial charge in [0.05, 0.1) is 0 Å². The molecular formula is C13H20ClN3. The van der Waals surface area contributed by atoms with E-state index in [2.05, 4.69) is 28.3 Å². The Bertz CT molecular complexity index is 388. The molecule has 1 N–H and O–H groups in total. The molecule has 1 heterocycles. The molecule has 0 bridgehead atoms. The molecule has 1 aromatic rings. The van der Waals surface area contributed by atoms with Crippen LogP contribution >= 0.6 is 11.6 Å². The van der Waals surface area contributed by atoms with Crippen molar-refractivity contribution in [1.82, 2.24) is 9.97 Å². The van der Waals surface area contributed by atoms with E-state index in [-0.39, 0.29) is 0 Å². The molecule has 3 nitrogen and oxygen atoms in total. The molecule has 0 aliphatic carbocycles. The lowest BCUT2D eigenvalue weighted by Crippen LogP contribution is -2.08. The third-order valence-corrected chi connectivity index (χ3v) is 2.81. The molecule has 17 heavy (non-hydrogen) atoms. The van der Waals surface area contributed by atoms with Crippen LogP contribution in [0.5, 0.6) is 0 Å². The number of hydrogen-bond donors (Lipinski definition) is 1.